The average Bonchev–Trinajstić information content (AvgIpc) is 2.18. The Labute approximate surface area is 83.8 Å². The molecule has 1 aliphatic heterocycles. The molecule has 14 heavy (non-hydrogen) atoms. The second kappa shape index (κ2) is 4.41. The summed E-state index contributed by atoms with van der Waals surface area (Å²) in [5.41, 5.74) is 5.35. The molecule has 1 heterocycles. The van der Waals surface area contributed by atoms with E-state index in [0.29, 0.717) is 19.6 Å². The van der Waals surface area contributed by atoms with Crippen molar-refractivity contribution < 1.29 is 9.59 Å². The van der Waals surface area contributed by atoms with Crippen molar-refractivity contribution in [1.82, 2.24) is 9.80 Å². The van der Waals surface area contributed by atoms with Gasteiger partial charge in [0.2, 0.25) is 0 Å². The van der Waals surface area contributed by atoms with Crippen LogP contribution in [0.3, 0.4) is 0 Å². The molecule has 5 nitrogen and oxygen atoms in total. The van der Waals surface area contributed by atoms with E-state index in [-0.39, 0.29) is 6.04 Å². The maximum absolute atomic E-state index is 11.5. The number of hydrogen-bond donors (Lipinski definition) is 1. The molecule has 0 bridgehead atoms. The van der Waals surface area contributed by atoms with E-state index < -0.39 is 11.8 Å². The minimum Gasteiger partial charge on any atom is -0.333 e. The molecule has 0 aliphatic carbocycles. The Bertz CT molecular complexity index is 242. The van der Waals surface area contributed by atoms with Crippen molar-refractivity contribution >= 4 is 11.8 Å². The zero-order valence-electron chi connectivity index (χ0n) is 8.69. The Balaban J connectivity index is 2.61. The zero-order valence-corrected chi connectivity index (χ0v) is 8.69. The van der Waals surface area contributed by atoms with Crippen LogP contribution in [0.4, 0.5) is 0 Å². The van der Waals surface area contributed by atoms with Crippen LogP contribution in [0.5, 0.6) is 0 Å². The van der Waals surface area contributed by atoms with Crippen molar-refractivity contribution in [2.24, 2.45) is 5.73 Å². The third-order valence-electron chi connectivity index (χ3n) is 2.57. The van der Waals surface area contributed by atoms with Gasteiger partial charge >= 0.3 is 11.8 Å². The monoisotopic (exact) mass is 199 g/mol. The summed E-state index contributed by atoms with van der Waals surface area (Å²) in [6, 6.07) is 0.0953. The molecule has 1 aliphatic rings. The first kappa shape index (κ1) is 11.0. The Morgan fingerprint density at radius 3 is 2.64 bits per heavy atom. The standard InChI is InChI=1S/C9H17N3O2/c1-7-6-12(5-3-4-10)9(14)8(13)11(7)2/h7H,3-6,10H2,1-2H3. The highest BCUT2D eigenvalue weighted by atomic mass is 16.2. The summed E-state index contributed by atoms with van der Waals surface area (Å²) in [6.07, 6.45) is 0.745. The van der Waals surface area contributed by atoms with Gasteiger partial charge in [-0.15, -0.1) is 0 Å². The highest BCUT2D eigenvalue weighted by Gasteiger charge is 2.33. The molecule has 1 fully saturated rings. The minimum absolute atomic E-state index is 0.0953. The summed E-state index contributed by atoms with van der Waals surface area (Å²) in [6.45, 7) is 3.67. The molecule has 0 aromatic heterocycles. The second-order valence-corrected chi connectivity index (χ2v) is 3.66. The van der Waals surface area contributed by atoms with Crippen LogP contribution < -0.4 is 5.73 Å². The summed E-state index contributed by atoms with van der Waals surface area (Å²) in [7, 11) is 1.66. The number of nitrogens with two attached hydrogens (primary N) is 1. The van der Waals surface area contributed by atoms with Crippen LogP contribution in [0, 0.1) is 0 Å². The number of hydrogen-bond acceptors (Lipinski definition) is 3. The van der Waals surface area contributed by atoms with Gasteiger partial charge < -0.3 is 15.5 Å². The van der Waals surface area contributed by atoms with Crippen LogP contribution in [-0.4, -0.2) is 54.3 Å². The van der Waals surface area contributed by atoms with E-state index in [0.717, 1.165) is 6.42 Å². The molecule has 0 spiro atoms. The van der Waals surface area contributed by atoms with Gasteiger partial charge in [0.15, 0.2) is 0 Å². The van der Waals surface area contributed by atoms with Crippen LogP contribution in [0.1, 0.15) is 13.3 Å². The van der Waals surface area contributed by atoms with E-state index in [1.165, 1.54) is 4.90 Å². The lowest BCUT2D eigenvalue weighted by Crippen LogP contribution is -2.57. The number of piperazine rings is 1. The summed E-state index contributed by atoms with van der Waals surface area (Å²) in [4.78, 5) is 26.0. The van der Waals surface area contributed by atoms with Crippen LogP contribution >= 0.6 is 0 Å². The highest BCUT2D eigenvalue weighted by Crippen LogP contribution is 2.09. The summed E-state index contributed by atoms with van der Waals surface area (Å²) in [5, 5.41) is 0. The van der Waals surface area contributed by atoms with Crippen molar-refractivity contribution in [2.75, 3.05) is 26.7 Å². The molecule has 0 radical (unpaired) electrons. The van der Waals surface area contributed by atoms with Gasteiger partial charge in [0.05, 0.1) is 0 Å². The van der Waals surface area contributed by atoms with Crippen molar-refractivity contribution in [3.63, 3.8) is 0 Å². The number of carbonyl (C=O) groups is 2. The molecule has 2 N–H and O–H groups in total. The molecule has 0 saturated carbocycles. The number of nitrogens with zero attached hydrogens (tertiary/aromatic N) is 2. The quantitative estimate of drug-likeness (QED) is 0.594. The van der Waals surface area contributed by atoms with Crippen LogP contribution in [-0.2, 0) is 9.59 Å². The van der Waals surface area contributed by atoms with Crippen molar-refractivity contribution in [3.8, 4) is 0 Å². The van der Waals surface area contributed by atoms with E-state index in [4.69, 9.17) is 5.73 Å². The van der Waals surface area contributed by atoms with E-state index in [1.807, 2.05) is 6.92 Å². The van der Waals surface area contributed by atoms with E-state index in [1.54, 1.807) is 11.9 Å². The molecule has 80 valence electrons. The van der Waals surface area contributed by atoms with Crippen molar-refractivity contribution in [1.29, 1.82) is 0 Å². The van der Waals surface area contributed by atoms with E-state index >= 15 is 0 Å². The summed E-state index contributed by atoms with van der Waals surface area (Å²) < 4.78 is 0. The molecule has 1 unspecified atom stereocenters. The fourth-order valence-electron chi connectivity index (χ4n) is 1.49. The molecule has 2 amide bonds. The maximum atomic E-state index is 11.5. The van der Waals surface area contributed by atoms with Gasteiger partial charge in [-0.1, -0.05) is 0 Å². The van der Waals surface area contributed by atoms with E-state index in [2.05, 4.69) is 0 Å². The topological polar surface area (TPSA) is 66.6 Å². The van der Waals surface area contributed by atoms with E-state index in [9.17, 15) is 9.59 Å². The Morgan fingerprint density at radius 1 is 1.43 bits per heavy atom. The molecule has 1 rings (SSSR count). The number of amides is 2. The van der Waals surface area contributed by atoms with Gasteiger partial charge in [-0.2, -0.15) is 0 Å². The molecule has 0 aromatic carbocycles. The van der Waals surface area contributed by atoms with Gasteiger partial charge in [0, 0.05) is 26.2 Å². The lowest BCUT2D eigenvalue weighted by molar-refractivity contribution is -0.157. The second-order valence-electron chi connectivity index (χ2n) is 3.66. The fraction of sp³-hybridized carbons (Fsp3) is 0.778. The molecular formula is C9H17N3O2. The number of likely N-dealkylation sites (N-methyl/N-ethyl adjacent to an activating group) is 1. The Hall–Kier alpha value is -1.10. The number of rotatable bonds is 3. The Kier molecular flexibility index (Phi) is 3.46. The largest absolute Gasteiger partial charge is 0.333 e. The third kappa shape index (κ3) is 2.04. The molecule has 5 heteroatoms. The minimum atomic E-state index is -0.416. The van der Waals surface area contributed by atoms with Crippen LogP contribution in [0.2, 0.25) is 0 Å². The predicted molar refractivity (Wildman–Crippen MR) is 52.5 cm³/mol. The first-order valence-electron chi connectivity index (χ1n) is 4.84. The average molecular weight is 199 g/mol. The van der Waals surface area contributed by atoms with Gasteiger partial charge in [-0.3, -0.25) is 9.59 Å². The zero-order chi connectivity index (χ0) is 10.7. The Morgan fingerprint density at radius 2 is 2.07 bits per heavy atom. The van der Waals surface area contributed by atoms with Gasteiger partial charge in [0.25, 0.3) is 0 Å². The van der Waals surface area contributed by atoms with Gasteiger partial charge in [-0.05, 0) is 19.9 Å². The van der Waals surface area contributed by atoms with Crippen LogP contribution in [0.15, 0.2) is 0 Å². The van der Waals surface area contributed by atoms with Crippen molar-refractivity contribution in [2.45, 2.75) is 19.4 Å². The molecule has 0 aromatic rings. The number of carbonyl (C=O) groups excluding carboxylic acids is 2. The maximum Gasteiger partial charge on any atom is 0.312 e. The molecule has 1 saturated heterocycles. The first-order valence-corrected chi connectivity index (χ1v) is 4.84. The predicted octanol–water partition coefficient (Wildman–Crippen LogP) is -0.976. The van der Waals surface area contributed by atoms with Gasteiger partial charge in [-0.25, -0.2) is 0 Å². The summed E-state index contributed by atoms with van der Waals surface area (Å²) >= 11 is 0. The lowest BCUT2D eigenvalue weighted by Gasteiger charge is -2.36. The fourth-order valence-corrected chi connectivity index (χ4v) is 1.49. The first-order chi connectivity index (χ1) is 6.57. The van der Waals surface area contributed by atoms with Crippen molar-refractivity contribution in [3.05, 3.63) is 0 Å². The third-order valence-corrected chi connectivity index (χ3v) is 2.57. The van der Waals surface area contributed by atoms with Gasteiger partial charge in [0.1, 0.15) is 0 Å². The highest BCUT2D eigenvalue weighted by molar-refractivity contribution is 6.35. The smallest absolute Gasteiger partial charge is 0.312 e. The normalized spacial score (nSPS) is 23.2. The lowest BCUT2D eigenvalue weighted by atomic mass is 10.2. The van der Waals surface area contributed by atoms with Crippen LogP contribution in [0.25, 0.3) is 0 Å². The SMILES string of the molecule is CC1CN(CCCN)C(=O)C(=O)N1C. The summed E-state index contributed by atoms with van der Waals surface area (Å²) in [5.74, 6) is -0.820. The molecule has 1 atom stereocenters. The molecular weight excluding hydrogens is 182 g/mol.